The lowest BCUT2D eigenvalue weighted by atomic mass is 9.99. The van der Waals surface area contributed by atoms with Gasteiger partial charge in [0.15, 0.2) is 12.1 Å². The first-order valence-electron chi connectivity index (χ1n) is 8.33. The summed E-state index contributed by atoms with van der Waals surface area (Å²) in [5.41, 5.74) is 0.970. The normalized spacial score (nSPS) is 33.8. The van der Waals surface area contributed by atoms with Gasteiger partial charge in [-0.05, 0) is 19.4 Å². The highest BCUT2D eigenvalue weighted by atomic mass is 32.2. The molecule has 0 bridgehead atoms. The Kier molecular flexibility index (Phi) is 5.69. The molecule has 0 aromatic heterocycles. The van der Waals surface area contributed by atoms with Gasteiger partial charge < -0.3 is 23.7 Å². The van der Waals surface area contributed by atoms with Gasteiger partial charge in [0.05, 0.1) is 6.61 Å². The van der Waals surface area contributed by atoms with Crippen LogP contribution in [0, 0.1) is 0 Å². The predicted molar refractivity (Wildman–Crippen MR) is 90.9 cm³/mol. The lowest BCUT2D eigenvalue weighted by Crippen LogP contribution is -2.59. The van der Waals surface area contributed by atoms with Crippen LogP contribution in [0.3, 0.4) is 0 Å². The summed E-state index contributed by atoms with van der Waals surface area (Å²) in [6, 6.07) is 9.60. The predicted octanol–water partition coefficient (Wildman–Crippen LogP) is 1.35. The second-order valence-corrected chi connectivity index (χ2v) is 8.35. The van der Waals surface area contributed by atoms with Crippen LogP contribution in [0.2, 0.25) is 0 Å². The van der Waals surface area contributed by atoms with Crippen LogP contribution in [0.15, 0.2) is 30.3 Å². The second-order valence-electron chi connectivity index (χ2n) is 6.85. The number of rotatable bonds is 6. The fourth-order valence-electron chi connectivity index (χ4n) is 3.31. The van der Waals surface area contributed by atoms with Gasteiger partial charge in [-0.2, -0.15) is 8.42 Å². The van der Waals surface area contributed by atoms with Crippen LogP contribution in [-0.2, 0) is 40.4 Å². The molecule has 0 saturated carbocycles. The van der Waals surface area contributed by atoms with Crippen molar-refractivity contribution < 1.29 is 36.7 Å². The highest BCUT2D eigenvalue weighted by Gasteiger charge is 2.56. The molecule has 5 atom stereocenters. The molecular weight excluding hydrogens is 364 g/mol. The zero-order chi connectivity index (χ0) is 18.9. The van der Waals surface area contributed by atoms with Crippen LogP contribution in [0.5, 0.6) is 0 Å². The number of hydrogen-bond acceptors (Lipinski definition) is 7. The maximum Gasteiger partial charge on any atom is 0.267 e. The number of hydrogen-bond donors (Lipinski definition) is 1. The van der Waals surface area contributed by atoms with Gasteiger partial charge in [0.2, 0.25) is 0 Å². The van der Waals surface area contributed by atoms with Gasteiger partial charge in [-0.1, -0.05) is 30.3 Å². The lowest BCUT2D eigenvalue weighted by molar-refractivity contribution is -0.278. The maximum absolute atomic E-state index is 11.3. The lowest BCUT2D eigenvalue weighted by Gasteiger charge is -2.41. The number of fused-ring (bicyclic) bond motifs is 1. The summed E-state index contributed by atoms with van der Waals surface area (Å²) in [5.74, 6) is -1.55. The second kappa shape index (κ2) is 7.51. The van der Waals surface area contributed by atoms with Crippen molar-refractivity contribution in [1.82, 2.24) is 0 Å². The van der Waals surface area contributed by atoms with E-state index in [9.17, 15) is 13.0 Å². The van der Waals surface area contributed by atoms with E-state index in [0.29, 0.717) is 6.61 Å². The molecule has 2 aliphatic rings. The van der Waals surface area contributed by atoms with Gasteiger partial charge in [-0.15, -0.1) is 0 Å². The Morgan fingerprint density at radius 2 is 1.81 bits per heavy atom. The molecule has 2 heterocycles. The third-order valence-corrected chi connectivity index (χ3v) is 5.07. The first-order valence-corrected chi connectivity index (χ1v) is 9.94. The zero-order valence-electron chi connectivity index (χ0n) is 14.9. The summed E-state index contributed by atoms with van der Waals surface area (Å²) in [4.78, 5) is 0. The summed E-state index contributed by atoms with van der Waals surface area (Å²) in [5, 5.41) is 0. The molecule has 0 spiro atoms. The Morgan fingerprint density at radius 1 is 1.15 bits per heavy atom. The van der Waals surface area contributed by atoms with E-state index in [2.05, 4.69) is 0 Å². The monoisotopic (exact) mass is 388 g/mol. The quantitative estimate of drug-likeness (QED) is 0.729. The van der Waals surface area contributed by atoms with Gasteiger partial charge in [-0.25, -0.2) is 0 Å². The van der Waals surface area contributed by atoms with Crippen molar-refractivity contribution in [3.63, 3.8) is 0 Å². The van der Waals surface area contributed by atoms with E-state index in [1.165, 1.54) is 7.11 Å². The number of benzene rings is 1. The SMILES string of the molecule is CO[C@H]1O[C@H](CS(=O)(=O)O)[C@@H]2OC(C)(C)O[C@@H]2[C@H]1OCc1ccccc1. The molecule has 26 heavy (non-hydrogen) atoms. The molecule has 0 unspecified atom stereocenters. The molecule has 146 valence electrons. The first kappa shape index (κ1) is 19.7. The van der Waals surface area contributed by atoms with Gasteiger partial charge in [0.25, 0.3) is 10.1 Å². The Morgan fingerprint density at radius 3 is 2.42 bits per heavy atom. The van der Waals surface area contributed by atoms with Crippen molar-refractivity contribution in [3.05, 3.63) is 35.9 Å². The summed E-state index contributed by atoms with van der Waals surface area (Å²) < 4.78 is 60.8. The molecule has 9 heteroatoms. The molecule has 1 aromatic rings. The first-order chi connectivity index (χ1) is 12.2. The van der Waals surface area contributed by atoms with Crippen LogP contribution in [0.1, 0.15) is 19.4 Å². The van der Waals surface area contributed by atoms with Gasteiger partial charge >= 0.3 is 0 Å². The third-order valence-electron chi connectivity index (χ3n) is 4.32. The minimum atomic E-state index is -4.26. The van der Waals surface area contributed by atoms with Crippen molar-refractivity contribution in [3.8, 4) is 0 Å². The van der Waals surface area contributed by atoms with E-state index < -0.39 is 52.4 Å². The Hall–Kier alpha value is -1.07. The summed E-state index contributed by atoms with van der Waals surface area (Å²) >= 11 is 0. The smallest absolute Gasteiger partial charge is 0.267 e. The van der Waals surface area contributed by atoms with Gasteiger partial charge in [-0.3, -0.25) is 4.55 Å². The minimum Gasteiger partial charge on any atom is -0.365 e. The molecule has 2 fully saturated rings. The van der Waals surface area contributed by atoms with E-state index in [-0.39, 0.29) is 0 Å². The Balaban J connectivity index is 1.80. The highest BCUT2D eigenvalue weighted by molar-refractivity contribution is 7.85. The molecule has 2 aliphatic heterocycles. The van der Waals surface area contributed by atoms with E-state index in [1.54, 1.807) is 13.8 Å². The molecule has 2 saturated heterocycles. The maximum atomic E-state index is 11.3. The molecule has 3 rings (SSSR count). The summed E-state index contributed by atoms with van der Waals surface area (Å²) in [7, 11) is -2.82. The van der Waals surface area contributed by atoms with Crippen molar-refractivity contribution >= 4 is 10.1 Å². The zero-order valence-corrected chi connectivity index (χ0v) is 15.7. The fraction of sp³-hybridized carbons (Fsp3) is 0.647. The van der Waals surface area contributed by atoms with Crippen molar-refractivity contribution in [1.29, 1.82) is 0 Å². The number of ether oxygens (including phenoxy) is 5. The van der Waals surface area contributed by atoms with Crippen LogP contribution < -0.4 is 0 Å². The Labute approximate surface area is 153 Å². The van der Waals surface area contributed by atoms with Gasteiger partial charge in [0, 0.05) is 7.11 Å². The highest BCUT2D eigenvalue weighted by Crippen LogP contribution is 2.39. The van der Waals surface area contributed by atoms with Crippen LogP contribution in [-0.4, -0.2) is 62.3 Å². The van der Waals surface area contributed by atoms with E-state index >= 15 is 0 Å². The molecule has 8 nitrogen and oxygen atoms in total. The molecule has 0 amide bonds. The van der Waals surface area contributed by atoms with E-state index in [4.69, 9.17) is 23.7 Å². The molecule has 0 aliphatic carbocycles. The van der Waals surface area contributed by atoms with E-state index in [1.807, 2.05) is 30.3 Å². The molecular formula is C17H24O8S. The third kappa shape index (κ3) is 4.61. The molecule has 1 N–H and O–H groups in total. The average molecular weight is 388 g/mol. The van der Waals surface area contributed by atoms with E-state index in [0.717, 1.165) is 5.56 Å². The average Bonchev–Trinajstić information content (AvgIpc) is 2.88. The van der Waals surface area contributed by atoms with Crippen LogP contribution >= 0.6 is 0 Å². The van der Waals surface area contributed by atoms with Crippen LogP contribution in [0.4, 0.5) is 0 Å². The fourth-order valence-corrected chi connectivity index (χ4v) is 4.00. The van der Waals surface area contributed by atoms with Gasteiger partial charge in [0.1, 0.15) is 30.2 Å². The van der Waals surface area contributed by atoms with Crippen molar-refractivity contribution in [2.75, 3.05) is 12.9 Å². The summed E-state index contributed by atoms with van der Waals surface area (Å²) in [6.45, 7) is 3.77. The Bertz CT molecular complexity index is 705. The minimum absolute atomic E-state index is 0.310. The number of methoxy groups -OCH3 is 1. The van der Waals surface area contributed by atoms with Crippen molar-refractivity contribution in [2.24, 2.45) is 0 Å². The molecule has 1 aromatic carbocycles. The van der Waals surface area contributed by atoms with Crippen molar-refractivity contribution in [2.45, 2.75) is 56.9 Å². The van der Waals surface area contributed by atoms with Crippen LogP contribution in [0.25, 0.3) is 0 Å². The largest absolute Gasteiger partial charge is 0.365 e. The molecule has 0 radical (unpaired) electrons. The standard InChI is InChI=1S/C17H24O8S/c1-17(2)24-13-12(10-26(18,19)20)23-16(21-3)15(14(13)25-17)22-9-11-7-5-4-6-8-11/h4-8,12-16H,9-10H2,1-3H3,(H,18,19,20)/t12-,13+,14+,15-,16+/m1/s1. The summed E-state index contributed by atoms with van der Waals surface area (Å²) in [6.07, 6.45) is -3.72. The topological polar surface area (TPSA) is 101 Å².